The second-order valence-corrected chi connectivity index (χ2v) is 4.17. The second kappa shape index (κ2) is 4.83. The lowest BCUT2D eigenvalue weighted by atomic mass is 10.00. The first-order chi connectivity index (χ1) is 8.11. The fourth-order valence-electron chi connectivity index (χ4n) is 1.93. The molecule has 17 heavy (non-hydrogen) atoms. The molecule has 1 aliphatic heterocycles. The van der Waals surface area contributed by atoms with Gasteiger partial charge in [-0.15, -0.1) is 0 Å². The number of fused-ring (bicyclic) bond motifs is 1. The largest absolute Gasteiger partial charge is 0.396 e. The molecule has 5 nitrogen and oxygen atoms in total. The van der Waals surface area contributed by atoms with E-state index in [0.29, 0.717) is 17.7 Å². The topological polar surface area (TPSA) is 89.8 Å². The summed E-state index contributed by atoms with van der Waals surface area (Å²) in [5.41, 5.74) is 2.11. The van der Waals surface area contributed by atoms with Gasteiger partial charge in [0.15, 0.2) is 0 Å². The van der Waals surface area contributed by atoms with Crippen LogP contribution in [0.25, 0.3) is 0 Å². The minimum atomic E-state index is -1.05. The fourth-order valence-corrected chi connectivity index (χ4v) is 1.93. The van der Waals surface area contributed by atoms with Crippen LogP contribution in [-0.2, 0) is 11.2 Å². The Hall–Kier alpha value is -1.43. The van der Waals surface area contributed by atoms with E-state index in [1.807, 2.05) is 0 Å². The molecular weight excluding hydrogens is 222 g/mol. The molecule has 1 aromatic rings. The molecule has 1 amide bonds. The van der Waals surface area contributed by atoms with Crippen LogP contribution in [0.2, 0.25) is 0 Å². The Morgan fingerprint density at radius 2 is 2.12 bits per heavy atom. The van der Waals surface area contributed by atoms with Crippen LogP contribution < -0.4 is 5.32 Å². The average Bonchev–Trinajstić information content (AvgIpc) is 2.67. The third-order valence-electron chi connectivity index (χ3n) is 2.89. The zero-order chi connectivity index (χ0) is 12.4. The molecule has 0 saturated carbocycles. The maximum Gasteiger partial charge on any atom is 0.228 e. The summed E-state index contributed by atoms with van der Waals surface area (Å²) < 4.78 is 0. The van der Waals surface area contributed by atoms with Crippen LogP contribution in [-0.4, -0.2) is 33.9 Å². The number of aliphatic hydroxyl groups is 3. The van der Waals surface area contributed by atoms with Gasteiger partial charge in [0.1, 0.15) is 6.10 Å². The second-order valence-electron chi connectivity index (χ2n) is 4.17. The van der Waals surface area contributed by atoms with Crippen LogP contribution >= 0.6 is 0 Å². The summed E-state index contributed by atoms with van der Waals surface area (Å²) in [5.74, 6) is -0.0671. The van der Waals surface area contributed by atoms with Gasteiger partial charge >= 0.3 is 0 Å². The van der Waals surface area contributed by atoms with Crippen molar-refractivity contribution < 1.29 is 20.1 Å². The molecule has 0 spiro atoms. The number of rotatable bonds is 4. The van der Waals surface area contributed by atoms with Gasteiger partial charge in [-0.25, -0.2) is 0 Å². The molecule has 5 heteroatoms. The summed E-state index contributed by atoms with van der Waals surface area (Å²) in [6.45, 7) is -0.181. The monoisotopic (exact) mass is 237 g/mol. The van der Waals surface area contributed by atoms with Crippen molar-refractivity contribution in [3.8, 4) is 0 Å². The molecular formula is C12H15NO4. The van der Waals surface area contributed by atoms with Crippen LogP contribution in [0, 0.1) is 0 Å². The van der Waals surface area contributed by atoms with E-state index in [2.05, 4.69) is 5.32 Å². The number of nitrogens with one attached hydrogen (secondary N) is 1. The first-order valence-electron chi connectivity index (χ1n) is 5.51. The van der Waals surface area contributed by atoms with Gasteiger partial charge in [-0.05, 0) is 23.6 Å². The van der Waals surface area contributed by atoms with E-state index in [-0.39, 0.29) is 18.9 Å². The summed E-state index contributed by atoms with van der Waals surface area (Å²) in [7, 11) is 0. The van der Waals surface area contributed by atoms with E-state index in [0.717, 1.165) is 5.56 Å². The van der Waals surface area contributed by atoms with Crippen molar-refractivity contribution >= 4 is 11.6 Å². The van der Waals surface area contributed by atoms with Crippen LogP contribution in [0.5, 0.6) is 0 Å². The normalized spacial score (nSPS) is 17.5. The smallest absolute Gasteiger partial charge is 0.228 e. The number of hydrogen-bond acceptors (Lipinski definition) is 4. The zero-order valence-corrected chi connectivity index (χ0v) is 9.26. The van der Waals surface area contributed by atoms with Gasteiger partial charge < -0.3 is 20.6 Å². The molecule has 1 aliphatic rings. The Morgan fingerprint density at radius 3 is 2.82 bits per heavy atom. The zero-order valence-electron chi connectivity index (χ0n) is 9.26. The van der Waals surface area contributed by atoms with Crippen LogP contribution in [0.3, 0.4) is 0 Å². The number of carbonyl (C=O) groups is 1. The number of anilines is 1. The summed E-state index contributed by atoms with van der Waals surface area (Å²) in [5, 5.41) is 30.8. The van der Waals surface area contributed by atoms with Gasteiger partial charge in [0, 0.05) is 12.3 Å². The van der Waals surface area contributed by atoms with Gasteiger partial charge in [-0.1, -0.05) is 12.1 Å². The predicted molar refractivity (Wildman–Crippen MR) is 61.4 cm³/mol. The highest BCUT2D eigenvalue weighted by molar-refractivity contribution is 5.99. The van der Waals surface area contributed by atoms with E-state index in [1.165, 1.54) is 0 Å². The highest BCUT2D eigenvalue weighted by atomic mass is 16.3. The third-order valence-corrected chi connectivity index (χ3v) is 2.89. The molecule has 2 atom stereocenters. The standard InChI is InChI=1S/C12H15NO4/c14-4-3-10(15)12(17)8-2-1-7-6-11(16)13-9(7)5-8/h1-2,5,10,12,14-15,17H,3-4,6H2,(H,13,16). The Morgan fingerprint density at radius 1 is 1.35 bits per heavy atom. The summed E-state index contributed by atoms with van der Waals surface area (Å²) >= 11 is 0. The lowest BCUT2D eigenvalue weighted by Crippen LogP contribution is -2.19. The minimum absolute atomic E-state index is 0.0671. The quantitative estimate of drug-likeness (QED) is 0.591. The highest BCUT2D eigenvalue weighted by Gasteiger charge is 2.22. The number of benzene rings is 1. The molecule has 0 saturated heterocycles. The fraction of sp³-hybridized carbons (Fsp3) is 0.417. The van der Waals surface area contributed by atoms with Gasteiger partial charge in [-0.2, -0.15) is 0 Å². The van der Waals surface area contributed by atoms with Crippen molar-refractivity contribution in [3.63, 3.8) is 0 Å². The molecule has 2 rings (SSSR count). The number of carbonyl (C=O) groups excluding carboxylic acids is 1. The van der Waals surface area contributed by atoms with E-state index >= 15 is 0 Å². The molecule has 4 N–H and O–H groups in total. The number of amides is 1. The number of aliphatic hydroxyl groups excluding tert-OH is 3. The van der Waals surface area contributed by atoms with Gasteiger partial charge in [0.25, 0.3) is 0 Å². The molecule has 2 unspecified atom stereocenters. The number of hydrogen-bond donors (Lipinski definition) is 4. The van der Waals surface area contributed by atoms with Crippen molar-refractivity contribution in [2.75, 3.05) is 11.9 Å². The van der Waals surface area contributed by atoms with E-state index in [1.54, 1.807) is 18.2 Å². The SMILES string of the molecule is O=C1Cc2ccc(C(O)C(O)CCO)cc2N1. The van der Waals surface area contributed by atoms with E-state index < -0.39 is 12.2 Å². The molecule has 0 bridgehead atoms. The summed E-state index contributed by atoms with van der Waals surface area (Å²) in [6, 6.07) is 5.10. The maximum absolute atomic E-state index is 11.2. The van der Waals surface area contributed by atoms with Crippen LogP contribution in [0.4, 0.5) is 5.69 Å². The molecule has 1 aromatic carbocycles. The lowest BCUT2D eigenvalue weighted by Gasteiger charge is -2.17. The molecule has 0 aliphatic carbocycles. The highest BCUT2D eigenvalue weighted by Crippen LogP contribution is 2.28. The molecule has 0 radical (unpaired) electrons. The molecule has 92 valence electrons. The van der Waals surface area contributed by atoms with Crippen molar-refractivity contribution in [1.82, 2.24) is 0 Å². The van der Waals surface area contributed by atoms with Crippen LogP contribution in [0.1, 0.15) is 23.7 Å². The Bertz CT molecular complexity index is 433. The van der Waals surface area contributed by atoms with Gasteiger partial charge in [-0.3, -0.25) is 4.79 Å². The van der Waals surface area contributed by atoms with Crippen molar-refractivity contribution in [1.29, 1.82) is 0 Å². The third kappa shape index (κ3) is 2.46. The van der Waals surface area contributed by atoms with Crippen molar-refractivity contribution in [3.05, 3.63) is 29.3 Å². The molecule has 1 heterocycles. The van der Waals surface area contributed by atoms with Gasteiger partial charge in [0.05, 0.1) is 12.5 Å². The first kappa shape index (κ1) is 12.0. The van der Waals surface area contributed by atoms with Crippen molar-refractivity contribution in [2.45, 2.75) is 25.0 Å². The predicted octanol–water partition coefficient (Wildman–Crippen LogP) is -0.0421. The Labute approximate surface area is 98.7 Å². The molecule has 0 aromatic heterocycles. The summed E-state index contributed by atoms with van der Waals surface area (Å²) in [4.78, 5) is 11.2. The average molecular weight is 237 g/mol. The lowest BCUT2D eigenvalue weighted by molar-refractivity contribution is -0.115. The molecule has 0 fully saturated rings. The Balaban J connectivity index is 2.18. The van der Waals surface area contributed by atoms with Crippen molar-refractivity contribution in [2.24, 2.45) is 0 Å². The van der Waals surface area contributed by atoms with E-state index in [4.69, 9.17) is 5.11 Å². The maximum atomic E-state index is 11.2. The van der Waals surface area contributed by atoms with Gasteiger partial charge in [0.2, 0.25) is 5.91 Å². The van der Waals surface area contributed by atoms with Crippen LogP contribution in [0.15, 0.2) is 18.2 Å². The first-order valence-corrected chi connectivity index (χ1v) is 5.51. The minimum Gasteiger partial charge on any atom is -0.396 e. The Kier molecular flexibility index (Phi) is 3.42. The summed E-state index contributed by atoms with van der Waals surface area (Å²) in [6.07, 6.45) is -1.59. The van der Waals surface area contributed by atoms with E-state index in [9.17, 15) is 15.0 Å².